The Bertz CT molecular complexity index is 726. The van der Waals surface area contributed by atoms with E-state index in [2.05, 4.69) is 15.6 Å². The quantitative estimate of drug-likeness (QED) is 0.329. The molecule has 0 aliphatic rings. The van der Waals surface area contributed by atoms with Gasteiger partial charge in [-0.15, -0.1) is 24.0 Å². The second kappa shape index (κ2) is 11.6. The molecular formula is C19H25FIN3O2. The Morgan fingerprint density at radius 2 is 1.85 bits per heavy atom. The highest BCUT2D eigenvalue weighted by atomic mass is 127. The molecule has 2 aromatic rings. The summed E-state index contributed by atoms with van der Waals surface area (Å²) in [6, 6.07) is 11.8. The van der Waals surface area contributed by atoms with Crippen molar-refractivity contribution in [2.45, 2.75) is 12.8 Å². The van der Waals surface area contributed by atoms with Crippen LogP contribution in [0.3, 0.4) is 0 Å². The van der Waals surface area contributed by atoms with Crippen molar-refractivity contribution >= 4 is 29.9 Å². The summed E-state index contributed by atoms with van der Waals surface area (Å²) in [4.78, 5) is 4.16. The molecule has 2 aromatic carbocycles. The lowest BCUT2D eigenvalue weighted by Crippen LogP contribution is -2.39. The van der Waals surface area contributed by atoms with E-state index in [-0.39, 0.29) is 35.5 Å². The summed E-state index contributed by atoms with van der Waals surface area (Å²) in [5.74, 6) is 1.29. The topological polar surface area (TPSA) is 65.9 Å². The largest absolute Gasteiger partial charge is 0.508 e. The molecule has 0 saturated carbocycles. The Hall–Kier alpha value is -2.03. The molecule has 0 aromatic heterocycles. The number of hydrogen-bond acceptors (Lipinski definition) is 3. The third-order valence-electron chi connectivity index (χ3n) is 3.80. The van der Waals surface area contributed by atoms with E-state index < -0.39 is 0 Å². The highest BCUT2D eigenvalue weighted by Gasteiger charge is 2.04. The number of phenolic OH excluding ortho intramolecular Hbond substituents is 1. The van der Waals surface area contributed by atoms with Gasteiger partial charge >= 0.3 is 0 Å². The van der Waals surface area contributed by atoms with Crippen LogP contribution in [0.25, 0.3) is 0 Å². The average Bonchev–Trinajstić information content (AvgIpc) is 2.61. The summed E-state index contributed by atoms with van der Waals surface area (Å²) in [5, 5.41) is 16.3. The molecule has 0 fully saturated rings. The second-order valence-corrected chi connectivity index (χ2v) is 5.55. The highest BCUT2D eigenvalue weighted by Crippen LogP contribution is 2.23. The fourth-order valence-electron chi connectivity index (χ4n) is 2.44. The van der Waals surface area contributed by atoms with Crippen molar-refractivity contribution in [3.05, 3.63) is 59.4 Å². The van der Waals surface area contributed by atoms with Gasteiger partial charge in [-0.2, -0.15) is 0 Å². The first-order valence-corrected chi connectivity index (χ1v) is 8.17. The summed E-state index contributed by atoms with van der Waals surface area (Å²) in [6.45, 7) is 1.27. The number of phenols is 1. The van der Waals surface area contributed by atoms with E-state index in [0.717, 1.165) is 11.1 Å². The van der Waals surface area contributed by atoms with Crippen molar-refractivity contribution in [3.63, 3.8) is 0 Å². The van der Waals surface area contributed by atoms with Crippen LogP contribution in [0.15, 0.2) is 47.5 Å². The molecule has 0 heterocycles. The summed E-state index contributed by atoms with van der Waals surface area (Å²) < 4.78 is 18.2. The van der Waals surface area contributed by atoms with Gasteiger partial charge in [0.05, 0.1) is 7.11 Å². The van der Waals surface area contributed by atoms with E-state index in [1.165, 1.54) is 12.1 Å². The SMILES string of the molecule is CN=C(NCCc1cccc(F)c1)NCCc1ccc(OC)cc1O.I. The molecule has 0 spiro atoms. The zero-order valence-electron chi connectivity index (χ0n) is 15.0. The standard InChI is InChI=1S/C19H24FN3O2.HI/c1-21-19(22-10-8-14-4-3-5-16(20)12-14)23-11-9-15-6-7-17(25-2)13-18(15)24;/h3-7,12-13,24H,8-11H2,1-2H3,(H2,21,22,23);1H. The molecule has 142 valence electrons. The van der Waals surface area contributed by atoms with E-state index >= 15 is 0 Å². The number of benzene rings is 2. The van der Waals surface area contributed by atoms with E-state index in [9.17, 15) is 9.50 Å². The molecule has 0 aliphatic heterocycles. The Kier molecular flexibility index (Phi) is 9.79. The number of hydrogen-bond donors (Lipinski definition) is 3. The van der Waals surface area contributed by atoms with Crippen LogP contribution in [0.5, 0.6) is 11.5 Å². The zero-order chi connectivity index (χ0) is 18.1. The molecule has 3 N–H and O–H groups in total. The third-order valence-corrected chi connectivity index (χ3v) is 3.80. The van der Waals surface area contributed by atoms with Gasteiger partial charge in [0.15, 0.2) is 5.96 Å². The number of guanidine groups is 1. The Labute approximate surface area is 170 Å². The van der Waals surface area contributed by atoms with Crippen molar-refractivity contribution in [1.29, 1.82) is 0 Å². The maximum atomic E-state index is 13.1. The van der Waals surface area contributed by atoms with Crippen molar-refractivity contribution in [3.8, 4) is 11.5 Å². The zero-order valence-corrected chi connectivity index (χ0v) is 17.3. The lowest BCUT2D eigenvalue weighted by atomic mass is 10.1. The van der Waals surface area contributed by atoms with Crippen LogP contribution in [-0.4, -0.2) is 38.3 Å². The molecule has 5 nitrogen and oxygen atoms in total. The number of nitrogens with zero attached hydrogens (tertiary/aromatic N) is 1. The first-order valence-electron chi connectivity index (χ1n) is 8.17. The molecular weight excluding hydrogens is 448 g/mol. The summed E-state index contributed by atoms with van der Waals surface area (Å²) in [5.41, 5.74) is 1.77. The van der Waals surface area contributed by atoms with Crippen molar-refractivity contribution in [2.24, 2.45) is 4.99 Å². The Balaban J connectivity index is 0.00000338. The number of rotatable bonds is 7. The van der Waals surface area contributed by atoms with Gasteiger partial charge in [-0.25, -0.2) is 4.39 Å². The fraction of sp³-hybridized carbons (Fsp3) is 0.316. The van der Waals surface area contributed by atoms with Gasteiger partial charge in [-0.1, -0.05) is 18.2 Å². The lowest BCUT2D eigenvalue weighted by molar-refractivity contribution is 0.406. The van der Waals surface area contributed by atoms with Gasteiger partial charge in [0, 0.05) is 26.2 Å². The number of halogens is 2. The van der Waals surface area contributed by atoms with E-state index in [0.29, 0.717) is 37.6 Å². The van der Waals surface area contributed by atoms with E-state index in [1.807, 2.05) is 18.2 Å². The van der Waals surface area contributed by atoms with Crippen LogP contribution < -0.4 is 15.4 Å². The monoisotopic (exact) mass is 473 g/mol. The van der Waals surface area contributed by atoms with Gasteiger partial charge in [-0.05, 0) is 42.2 Å². The number of nitrogens with one attached hydrogen (secondary N) is 2. The van der Waals surface area contributed by atoms with Crippen molar-refractivity contribution < 1.29 is 14.2 Å². The van der Waals surface area contributed by atoms with Gasteiger partial charge < -0.3 is 20.5 Å². The molecule has 0 aliphatic carbocycles. The third kappa shape index (κ3) is 7.07. The number of ether oxygens (including phenoxy) is 1. The maximum Gasteiger partial charge on any atom is 0.190 e. The van der Waals surface area contributed by atoms with Gasteiger partial charge in [-0.3, -0.25) is 4.99 Å². The van der Waals surface area contributed by atoms with Crippen LogP contribution >= 0.6 is 24.0 Å². The van der Waals surface area contributed by atoms with Crippen LogP contribution in [0, 0.1) is 5.82 Å². The van der Waals surface area contributed by atoms with Crippen LogP contribution in [0.1, 0.15) is 11.1 Å². The predicted octanol–water partition coefficient (Wildman–Crippen LogP) is 3.11. The Morgan fingerprint density at radius 3 is 2.46 bits per heavy atom. The van der Waals surface area contributed by atoms with E-state index in [1.54, 1.807) is 26.3 Å². The summed E-state index contributed by atoms with van der Waals surface area (Å²) >= 11 is 0. The molecule has 0 saturated heterocycles. The number of methoxy groups -OCH3 is 1. The molecule has 0 amide bonds. The minimum Gasteiger partial charge on any atom is -0.508 e. The molecule has 0 unspecified atom stereocenters. The normalized spacial score (nSPS) is 10.8. The molecule has 2 rings (SSSR count). The number of aliphatic imine (C=N–C) groups is 1. The Morgan fingerprint density at radius 1 is 1.12 bits per heavy atom. The first-order chi connectivity index (χ1) is 12.1. The van der Waals surface area contributed by atoms with Gasteiger partial charge in [0.1, 0.15) is 17.3 Å². The van der Waals surface area contributed by atoms with Gasteiger partial charge in [0.25, 0.3) is 0 Å². The van der Waals surface area contributed by atoms with Crippen LogP contribution in [0.4, 0.5) is 4.39 Å². The maximum absolute atomic E-state index is 13.1. The fourth-order valence-corrected chi connectivity index (χ4v) is 2.44. The van der Waals surface area contributed by atoms with Crippen LogP contribution in [-0.2, 0) is 12.8 Å². The predicted molar refractivity (Wildman–Crippen MR) is 113 cm³/mol. The molecule has 7 heteroatoms. The summed E-state index contributed by atoms with van der Waals surface area (Å²) in [6.07, 6.45) is 1.36. The second-order valence-electron chi connectivity index (χ2n) is 5.55. The van der Waals surface area contributed by atoms with Crippen LogP contribution in [0.2, 0.25) is 0 Å². The lowest BCUT2D eigenvalue weighted by Gasteiger charge is -2.12. The van der Waals surface area contributed by atoms with Crippen molar-refractivity contribution in [1.82, 2.24) is 10.6 Å². The first kappa shape index (κ1) is 22.0. The molecule has 26 heavy (non-hydrogen) atoms. The smallest absolute Gasteiger partial charge is 0.190 e. The molecule has 0 bridgehead atoms. The minimum atomic E-state index is -0.223. The minimum absolute atomic E-state index is 0. The molecule has 0 radical (unpaired) electrons. The summed E-state index contributed by atoms with van der Waals surface area (Å²) in [7, 11) is 3.26. The number of aromatic hydroxyl groups is 1. The van der Waals surface area contributed by atoms with Crippen molar-refractivity contribution in [2.75, 3.05) is 27.2 Å². The average molecular weight is 473 g/mol. The van der Waals surface area contributed by atoms with E-state index in [4.69, 9.17) is 4.74 Å². The molecule has 0 atom stereocenters. The highest BCUT2D eigenvalue weighted by molar-refractivity contribution is 14.0. The van der Waals surface area contributed by atoms with Gasteiger partial charge in [0.2, 0.25) is 0 Å².